The summed E-state index contributed by atoms with van der Waals surface area (Å²) in [5, 5.41) is 0. The normalized spacial score (nSPS) is 10.3. The predicted molar refractivity (Wildman–Crippen MR) is 76.4 cm³/mol. The molecule has 106 valence electrons. The van der Waals surface area contributed by atoms with Crippen molar-refractivity contribution in [3.05, 3.63) is 48.0 Å². The second kappa shape index (κ2) is 6.75. The fourth-order valence-corrected chi connectivity index (χ4v) is 1.85. The lowest BCUT2D eigenvalue weighted by Gasteiger charge is -2.16. The molecule has 0 fully saturated rings. The Kier molecular flexibility index (Phi) is 4.76. The second-order valence-corrected chi connectivity index (χ2v) is 4.70. The molecule has 1 heterocycles. The number of carbonyl (C=O) groups excluding carboxylic acids is 1. The highest BCUT2D eigenvalue weighted by atomic mass is 16.5. The Labute approximate surface area is 118 Å². The molecule has 2 aromatic rings. The molecule has 0 aliphatic carbocycles. The van der Waals surface area contributed by atoms with Gasteiger partial charge in [0.05, 0.1) is 19.6 Å². The summed E-state index contributed by atoms with van der Waals surface area (Å²) in [5.41, 5.74) is 1.14. The molecule has 1 N–H and O–H groups in total. The number of amides is 1. The molecule has 2 rings (SSSR count). The molecular weight excluding hydrogens is 254 g/mol. The van der Waals surface area contributed by atoms with Gasteiger partial charge in [0.25, 0.3) is 0 Å². The first-order valence-corrected chi connectivity index (χ1v) is 6.57. The first-order chi connectivity index (χ1) is 9.65. The summed E-state index contributed by atoms with van der Waals surface area (Å²) in [4.78, 5) is 20.6. The maximum atomic E-state index is 11.9. The van der Waals surface area contributed by atoms with Crippen LogP contribution >= 0.6 is 0 Å². The SMILES string of the molecule is Cc1cccc(OCCC(=O)N(C)Cc2ncc[nH]2)c1. The van der Waals surface area contributed by atoms with Crippen molar-refractivity contribution >= 4 is 5.91 Å². The van der Waals surface area contributed by atoms with Crippen LogP contribution in [0.25, 0.3) is 0 Å². The third-order valence-electron chi connectivity index (χ3n) is 2.94. The molecule has 0 radical (unpaired) electrons. The van der Waals surface area contributed by atoms with Crippen molar-refractivity contribution in [1.29, 1.82) is 0 Å². The van der Waals surface area contributed by atoms with E-state index in [0.717, 1.165) is 17.1 Å². The van der Waals surface area contributed by atoms with Crippen molar-refractivity contribution in [1.82, 2.24) is 14.9 Å². The van der Waals surface area contributed by atoms with Crippen molar-refractivity contribution in [3.63, 3.8) is 0 Å². The van der Waals surface area contributed by atoms with E-state index in [9.17, 15) is 4.79 Å². The Balaban J connectivity index is 1.74. The van der Waals surface area contributed by atoms with Crippen molar-refractivity contribution in [2.75, 3.05) is 13.7 Å². The quantitative estimate of drug-likeness (QED) is 0.877. The summed E-state index contributed by atoms with van der Waals surface area (Å²) in [6.07, 6.45) is 3.77. The molecule has 0 bridgehead atoms. The zero-order valence-electron chi connectivity index (χ0n) is 11.8. The fourth-order valence-electron chi connectivity index (χ4n) is 1.85. The Morgan fingerprint density at radius 1 is 1.45 bits per heavy atom. The molecular formula is C15H19N3O2. The van der Waals surface area contributed by atoms with Crippen LogP contribution < -0.4 is 4.74 Å². The largest absolute Gasteiger partial charge is 0.493 e. The maximum absolute atomic E-state index is 11.9. The minimum Gasteiger partial charge on any atom is -0.493 e. The predicted octanol–water partition coefficient (Wildman–Crippen LogP) is 2.15. The molecule has 5 heteroatoms. The van der Waals surface area contributed by atoms with Crippen LogP contribution in [0, 0.1) is 6.92 Å². The average Bonchev–Trinajstić information content (AvgIpc) is 2.91. The van der Waals surface area contributed by atoms with Gasteiger partial charge in [0.15, 0.2) is 0 Å². The molecule has 0 aliphatic heterocycles. The second-order valence-electron chi connectivity index (χ2n) is 4.70. The van der Waals surface area contributed by atoms with Crippen LogP contribution in [-0.2, 0) is 11.3 Å². The molecule has 0 unspecified atom stereocenters. The van der Waals surface area contributed by atoms with Crippen molar-refractivity contribution in [2.45, 2.75) is 19.9 Å². The van der Waals surface area contributed by atoms with E-state index in [4.69, 9.17) is 4.74 Å². The van der Waals surface area contributed by atoms with E-state index >= 15 is 0 Å². The van der Waals surface area contributed by atoms with Gasteiger partial charge in [0.1, 0.15) is 11.6 Å². The van der Waals surface area contributed by atoms with Gasteiger partial charge in [-0.2, -0.15) is 0 Å². The van der Waals surface area contributed by atoms with Gasteiger partial charge in [0, 0.05) is 19.4 Å². The van der Waals surface area contributed by atoms with Crippen molar-refractivity contribution in [3.8, 4) is 5.75 Å². The Morgan fingerprint density at radius 2 is 2.30 bits per heavy atom. The topological polar surface area (TPSA) is 58.2 Å². The number of nitrogens with one attached hydrogen (secondary N) is 1. The number of H-pyrrole nitrogens is 1. The van der Waals surface area contributed by atoms with Crippen LogP contribution in [0.1, 0.15) is 17.8 Å². The lowest BCUT2D eigenvalue weighted by molar-refractivity contribution is -0.131. The highest BCUT2D eigenvalue weighted by molar-refractivity contribution is 5.75. The first-order valence-electron chi connectivity index (χ1n) is 6.57. The minimum atomic E-state index is 0.0362. The number of imidazole rings is 1. The summed E-state index contributed by atoms with van der Waals surface area (Å²) in [6.45, 7) is 2.87. The highest BCUT2D eigenvalue weighted by Crippen LogP contribution is 2.12. The molecule has 0 aliphatic rings. The van der Waals surface area contributed by atoms with Crippen molar-refractivity contribution < 1.29 is 9.53 Å². The van der Waals surface area contributed by atoms with E-state index in [1.165, 1.54) is 0 Å². The van der Waals surface area contributed by atoms with Gasteiger partial charge < -0.3 is 14.6 Å². The number of rotatable bonds is 6. The van der Waals surface area contributed by atoms with E-state index in [1.54, 1.807) is 24.3 Å². The minimum absolute atomic E-state index is 0.0362. The van der Waals surface area contributed by atoms with Crippen LogP contribution in [-0.4, -0.2) is 34.4 Å². The molecule has 5 nitrogen and oxygen atoms in total. The lowest BCUT2D eigenvalue weighted by Crippen LogP contribution is -2.27. The average molecular weight is 273 g/mol. The number of aromatic nitrogens is 2. The van der Waals surface area contributed by atoms with Gasteiger partial charge in [-0.05, 0) is 24.6 Å². The molecule has 0 atom stereocenters. The number of hydrogen-bond donors (Lipinski definition) is 1. The summed E-state index contributed by atoms with van der Waals surface area (Å²) in [5.74, 6) is 1.61. The molecule has 1 amide bonds. The summed E-state index contributed by atoms with van der Waals surface area (Å²) in [7, 11) is 1.76. The molecule has 20 heavy (non-hydrogen) atoms. The molecule has 0 saturated carbocycles. The third-order valence-corrected chi connectivity index (χ3v) is 2.94. The van der Waals surface area contributed by atoms with Crippen LogP contribution in [0.2, 0.25) is 0 Å². The van der Waals surface area contributed by atoms with Gasteiger partial charge in [-0.25, -0.2) is 4.98 Å². The van der Waals surface area contributed by atoms with Gasteiger partial charge >= 0.3 is 0 Å². The first kappa shape index (κ1) is 14.1. The summed E-state index contributed by atoms with van der Waals surface area (Å²) in [6, 6.07) is 7.80. The number of aryl methyl sites for hydroxylation is 1. The molecule has 0 spiro atoms. The van der Waals surface area contributed by atoms with Crippen LogP contribution in [0.4, 0.5) is 0 Å². The van der Waals surface area contributed by atoms with Crippen LogP contribution in [0.15, 0.2) is 36.7 Å². The Bertz CT molecular complexity index is 552. The monoisotopic (exact) mass is 273 g/mol. The van der Waals surface area contributed by atoms with Gasteiger partial charge in [-0.15, -0.1) is 0 Å². The number of hydrogen-bond acceptors (Lipinski definition) is 3. The number of carbonyl (C=O) groups is 1. The highest BCUT2D eigenvalue weighted by Gasteiger charge is 2.10. The Morgan fingerprint density at radius 3 is 3.00 bits per heavy atom. The number of nitrogens with zero attached hydrogens (tertiary/aromatic N) is 2. The van der Waals surface area contributed by atoms with E-state index in [0.29, 0.717) is 19.6 Å². The van der Waals surface area contributed by atoms with Gasteiger partial charge in [0.2, 0.25) is 5.91 Å². The smallest absolute Gasteiger partial charge is 0.226 e. The standard InChI is InChI=1S/C15H19N3O2/c1-12-4-3-5-13(10-12)20-9-6-15(19)18(2)11-14-16-7-8-17-14/h3-5,7-8,10H,6,9,11H2,1-2H3,(H,16,17). The van der Waals surface area contributed by atoms with Gasteiger partial charge in [-0.1, -0.05) is 12.1 Å². The lowest BCUT2D eigenvalue weighted by atomic mass is 10.2. The third kappa shape index (κ3) is 4.12. The number of aromatic amines is 1. The summed E-state index contributed by atoms with van der Waals surface area (Å²) < 4.78 is 5.57. The van der Waals surface area contributed by atoms with E-state index < -0.39 is 0 Å². The van der Waals surface area contributed by atoms with Gasteiger partial charge in [-0.3, -0.25) is 4.79 Å². The maximum Gasteiger partial charge on any atom is 0.226 e. The van der Waals surface area contributed by atoms with Crippen LogP contribution in [0.5, 0.6) is 5.75 Å². The number of benzene rings is 1. The fraction of sp³-hybridized carbons (Fsp3) is 0.333. The van der Waals surface area contributed by atoms with Crippen LogP contribution in [0.3, 0.4) is 0 Å². The van der Waals surface area contributed by atoms with Crippen molar-refractivity contribution in [2.24, 2.45) is 0 Å². The zero-order chi connectivity index (χ0) is 14.4. The molecule has 1 aromatic heterocycles. The van der Waals surface area contributed by atoms with E-state index in [2.05, 4.69) is 9.97 Å². The molecule has 0 saturated heterocycles. The van der Waals surface area contributed by atoms with E-state index in [1.807, 2.05) is 31.2 Å². The van der Waals surface area contributed by atoms with E-state index in [-0.39, 0.29) is 5.91 Å². The molecule has 1 aromatic carbocycles. The summed E-state index contributed by atoms with van der Waals surface area (Å²) >= 11 is 0. The Hall–Kier alpha value is -2.30. The zero-order valence-corrected chi connectivity index (χ0v) is 11.8. The number of ether oxygens (including phenoxy) is 1.